The first kappa shape index (κ1) is 17.8. The van der Waals surface area contributed by atoms with Crippen molar-refractivity contribution in [1.29, 1.82) is 0 Å². The number of fused-ring (bicyclic) bond motifs is 1. The molecular weight excluding hydrogens is 336 g/mol. The molecule has 0 bridgehead atoms. The highest BCUT2D eigenvalue weighted by Gasteiger charge is 2.26. The van der Waals surface area contributed by atoms with Gasteiger partial charge in [0.1, 0.15) is 0 Å². The first-order valence-electron chi connectivity index (χ1n) is 9.70. The van der Waals surface area contributed by atoms with Crippen molar-refractivity contribution in [3.63, 3.8) is 0 Å². The number of carbonyl (C=O) groups excluding carboxylic acids is 1. The fraction of sp³-hybridized carbons (Fsp3) is 0.348. The second-order valence-corrected chi connectivity index (χ2v) is 7.47. The molecule has 2 aliphatic heterocycles. The summed E-state index contributed by atoms with van der Waals surface area (Å²) in [7, 11) is 0. The molecule has 1 fully saturated rings. The van der Waals surface area contributed by atoms with Gasteiger partial charge in [-0.05, 0) is 36.0 Å². The third-order valence-electron chi connectivity index (χ3n) is 5.70. The van der Waals surface area contributed by atoms with Crippen molar-refractivity contribution in [2.24, 2.45) is 0 Å². The van der Waals surface area contributed by atoms with E-state index in [9.17, 15) is 9.90 Å². The van der Waals surface area contributed by atoms with Crippen molar-refractivity contribution in [3.05, 3.63) is 66.2 Å². The molecule has 27 heavy (non-hydrogen) atoms. The van der Waals surface area contributed by atoms with Crippen LogP contribution in [0.1, 0.15) is 24.0 Å². The summed E-state index contributed by atoms with van der Waals surface area (Å²) in [5, 5.41) is 9.62. The molecule has 0 spiro atoms. The van der Waals surface area contributed by atoms with E-state index < -0.39 is 0 Å². The van der Waals surface area contributed by atoms with Gasteiger partial charge in [0.15, 0.2) is 0 Å². The van der Waals surface area contributed by atoms with E-state index in [1.165, 1.54) is 16.7 Å². The lowest BCUT2D eigenvalue weighted by atomic mass is 9.93. The predicted octanol–water partition coefficient (Wildman–Crippen LogP) is 3.17. The number of amides is 1. The van der Waals surface area contributed by atoms with Gasteiger partial charge >= 0.3 is 0 Å². The van der Waals surface area contributed by atoms with Crippen LogP contribution in [0.4, 0.5) is 0 Å². The molecule has 4 nitrogen and oxygen atoms in total. The van der Waals surface area contributed by atoms with Crippen LogP contribution in [-0.4, -0.2) is 53.1 Å². The minimum atomic E-state index is -0.260. The van der Waals surface area contributed by atoms with Gasteiger partial charge in [0.2, 0.25) is 5.91 Å². The molecule has 2 heterocycles. The molecule has 0 unspecified atom stereocenters. The molecule has 1 amide bonds. The third-order valence-corrected chi connectivity index (χ3v) is 5.70. The SMILES string of the molecule is C=C1c2ccc(-c3ccccc3)cc2CCN1CC(=O)N1CCC(O)CC1. The quantitative estimate of drug-likeness (QED) is 0.912. The number of carbonyl (C=O) groups is 1. The minimum absolute atomic E-state index is 0.132. The predicted molar refractivity (Wildman–Crippen MR) is 108 cm³/mol. The van der Waals surface area contributed by atoms with Gasteiger partial charge in [0, 0.05) is 30.9 Å². The van der Waals surface area contributed by atoms with E-state index in [2.05, 4.69) is 53.9 Å². The van der Waals surface area contributed by atoms with Crippen molar-refractivity contribution < 1.29 is 9.90 Å². The van der Waals surface area contributed by atoms with Gasteiger partial charge in [0.25, 0.3) is 0 Å². The summed E-state index contributed by atoms with van der Waals surface area (Å²) in [6.07, 6.45) is 2.01. The standard InChI is InChI=1S/C23H26N2O2/c1-17-22-8-7-19(18-5-3-2-4-6-18)15-20(22)9-12-25(17)16-23(27)24-13-10-21(26)11-14-24/h2-8,15,21,26H,1,9-14,16H2. The number of benzene rings is 2. The fourth-order valence-corrected chi connectivity index (χ4v) is 4.01. The Kier molecular flexibility index (Phi) is 4.99. The Morgan fingerprint density at radius 3 is 2.52 bits per heavy atom. The number of piperidine rings is 1. The van der Waals surface area contributed by atoms with E-state index in [0.717, 1.165) is 24.2 Å². The third kappa shape index (κ3) is 3.76. The summed E-state index contributed by atoms with van der Waals surface area (Å²) in [4.78, 5) is 16.6. The molecule has 0 aromatic heterocycles. The maximum Gasteiger partial charge on any atom is 0.242 e. The number of nitrogens with zero attached hydrogens (tertiary/aromatic N) is 2. The number of hydrogen-bond acceptors (Lipinski definition) is 3. The van der Waals surface area contributed by atoms with Crippen LogP contribution < -0.4 is 0 Å². The van der Waals surface area contributed by atoms with Crippen molar-refractivity contribution in [3.8, 4) is 11.1 Å². The van der Waals surface area contributed by atoms with Crippen LogP contribution in [0.5, 0.6) is 0 Å². The zero-order valence-electron chi connectivity index (χ0n) is 15.6. The molecule has 140 valence electrons. The smallest absolute Gasteiger partial charge is 0.242 e. The average Bonchev–Trinajstić information content (AvgIpc) is 2.71. The van der Waals surface area contributed by atoms with E-state index in [0.29, 0.717) is 32.5 Å². The zero-order chi connectivity index (χ0) is 18.8. The second-order valence-electron chi connectivity index (χ2n) is 7.47. The maximum atomic E-state index is 12.6. The van der Waals surface area contributed by atoms with Crippen LogP contribution in [0.25, 0.3) is 16.8 Å². The Hall–Kier alpha value is -2.59. The number of rotatable bonds is 3. The monoisotopic (exact) mass is 362 g/mol. The summed E-state index contributed by atoms with van der Waals surface area (Å²) in [5.41, 5.74) is 5.81. The Morgan fingerprint density at radius 1 is 1.04 bits per heavy atom. The highest BCUT2D eigenvalue weighted by molar-refractivity contribution is 5.81. The largest absolute Gasteiger partial charge is 0.393 e. The molecule has 1 saturated heterocycles. The summed E-state index contributed by atoms with van der Waals surface area (Å²) in [6.45, 7) is 6.75. The maximum absolute atomic E-state index is 12.6. The van der Waals surface area contributed by atoms with Crippen LogP contribution in [0.2, 0.25) is 0 Å². The summed E-state index contributed by atoms with van der Waals surface area (Å²) >= 11 is 0. The van der Waals surface area contributed by atoms with Crippen molar-refractivity contribution in [2.75, 3.05) is 26.2 Å². The number of aliphatic hydroxyl groups excluding tert-OH is 1. The topological polar surface area (TPSA) is 43.8 Å². The van der Waals surface area contributed by atoms with Crippen molar-refractivity contribution >= 4 is 11.6 Å². The highest BCUT2D eigenvalue weighted by Crippen LogP contribution is 2.31. The van der Waals surface area contributed by atoms with Crippen LogP contribution in [0, 0.1) is 0 Å². The molecule has 0 radical (unpaired) electrons. The summed E-state index contributed by atoms with van der Waals surface area (Å²) in [5.74, 6) is 0.132. The molecule has 4 rings (SSSR count). The van der Waals surface area contributed by atoms with E-state index in [4.69, 9.17) is 0 Å². The highest BCUT2D eigenvalue weighted by atomic mass is 16.3. The molecule has 0 aliphatic carbocycles. The summed E-state index contributed by atoms with van der Waals surface area (Å²) < 4.78 is 0. The molecule has 2 aromatic carbocycles. The van der Waals surface area contributed by atoms with Crippen LogP contribution >= 0.6 is 0 Å². The number of hydrogen-bond donors (Lipinski definition) is 1. The van der Waals surface area contributed by atoms with E-state index in [1.54, 1.807) is 0 Å². The first-order chi connectivity index (χ1) is 13.1. The Balaban J connectivity index is 1.46. The fourth-order valence-electron chi connectivity index (χ4n) is 4.01. The first-order valence-corrected chi connectivity index (χ1v) is 9.70. The minimum Gasteiger partial charge on any atom is -0.393 e. The second kappa shape index (κ2) is 7.57. The Bertz CT molecular complexity index is 839. The molecule has 0 atom stereocenters. The van der Waals surface area contributed by atoms with Gasteiger partial charge in [-0.3, -0.25) is 4.79 Å². The number of aliphatic hydroxyl groups is 1. The normalized spacial score (nSPS) is 17.7. The van der Waals surface area contributed by atoms with Crippen molar-refractivity contribution in [1.82, 2.24) is 9.80 Å². The molecule has 0 saturated carbocycles. The van der Waals surface area contributed by atoms with Gasteiger partial charge in [0.05, 0.1) is 12.6 Å². The molecular formula is C23H26N2O2. The Morgan fingerprint density at radius 2 is 1.78 bits per heavy atom. The van der Waals surface area contributed by atoms with Gasteiger partial charge in [-0.15, -0.1) is 0 Å². The summed E-state index contributed by atoms with van der Waals surface area (Å²) in [6, 6.07) is 16.9. The molecule has 4 heteroatoms. The van der Waals surface area contributed by atoms with E-state index in [-0.39, 0.29) is 12.0 Å². The lowest BCUT2D eigenvalue weighted by Gasteiger charge is -2.36. The lowest BCUT2D eigenvalue weighted by molar-refractivity contribution is -0.133. The number of likely N-dealkylation sites (tertiary alicyclic amines) is 1. The van der Waals surface area contributed by atoms with Crippen LogP contribution in [0.15, 0.2) is 55.1 Å². The van der Waals surface area contributed by atoms with E-state index >= 15 is 0 Å². The zero-order valence-corrected chi connectivity index (χ0v) is 15.6. The average molecular weight is 362 g/mol. The molecule has 1 N–H and O–H groups in total. The van der Waals surface area contributed by atoms with Crippen LogP contribution in [0.3, 0.4) is 0 Å². The molecule has 2 aromatic rings. The van der Waals surface area contributed by atoms with Crippen molar-refractivity contribution in [2.45, 2.75) is 25.4 Å². The Labute approximate surface area is 160 Å². The molecule has 2 aliphatic rings. The van der Waals surface area contributed by atoms with E-state index in [1.807, 2.05) is 11.0 Å². The van der Waals surface area contributed by atoms with Gasteiger partial charge < -0.3 is 14.9 Å². The lowest BCUT2D eigenvalue weighted by Crippen LogP contribution is -2.45. The van der Waals surface area contributed by atoms with Gasteiger partial charge in [-0.1, -0.05) is 55.1 Å². The van der Waals surface area contributed by atoms with Gasteiger partial charge in [-0.25, -0.2) is 0 Å². The van der Waals surface area contributed by atoms with Gasteiger partial charge in [-0.2, -0.15) is 0 Å². The van der Waals surface area contributed by atoms with Crippen LogP contribution in [-0.2, 0) is 11.2 Å².